The number of carbonyl (C=O) groups excluding carboxylic acids is 2. The first-order valence-corrected chi connectivity index (χ1v) is 10.1. The predicted molar refractivity (Wildman–Crippen MR) is 97.0 cm³/mol. The van der Waals surface area contributed by atoms with Crippen molar-refractivity contribution in [1.82, 2.24) is 9.80 Å². The minimum Gasteiger partial charge on any atom is -0.339 e. The number of hydrogen-bond donors (Lipinski definition) is 0. The lowest BCUT2D eigenvalue weighted by atomic mass is 9.86. The predicted octanol–water partition coefficient (Wildman–Crippen LogP) is 2.77. The molecule has 0 radical (unpaired) electrons. The van der Waals surface area contributed by atoms with Crippen LogP contribution in [0.3, 0.4) is 0 Å². The Morgan fingerprint density at radius 1 is 1.12 bits per heavy atom. The third-order valence-corrected chi connectivity index (χ3v) is 7.25. The molecule has 8 heteroatoms. The highest BCUT2D eigenvalue weighted by Crippen LogP contribution is 2.49. The number of rotatable bonds is 4. The van der Waals surface area contributed by atoms with Gasteiger partial charge in [-0.1, -0.05) is 17.8 Å². The zero-order valence-electron chi connectivity index (χ0n) is 14.6. The number of piperazine rings is 1. The van der Waals surface area contributed by atoms with E-state index < -0.39 is 4.92 Å². The molecule has 26 heavy (non-hydrogen) atoms. The number of hydrogen-bond acceptors (Lipinski definition) is 5. The van der Waals surface area contributed by atoms with Crippen molar-refractivity contribution in [3.05, 3.63) is 27.1 Å². The van der Waals surface area contributed by atoms with E-state index in [9.17, 15) is 19.7 Å². The third-order valence-electron chi connectivity index (χ3n) is 6.22. The van der Waals surface area contributed by atoms with E-state index in [1.165, 1.54) is 37.8 Å². The Hall–Kier alpha value is -1.96. The minimum atomic E-state index is -0.478. The standard InChI is InChI=1S/C18H23N3O4S/c22-16(11-14-10-12-1-2-13(14)9-12)19-5-7-20(8-6-19)18(23)15-3-4-17(26-15)21(24)25/h3-4,12-14H,1-2,5-11H2. The zero-order valence-corrected chi connectivity index (χ0v) is 15.5. The Morgan fingerprint density at radius 3 is 2.42 bits per heavy atom. The Balaban J connectivity index is 1.28. The fraction of sp³-hybridized carbons (Fsp3) is 0.667. The van der Waals surface area contributed by atoms with Crippen LogP contribution in [0.2, 0.25) is 0 Å². The Labute approximate surface area is 156 Å². The van der Waals surface area contributed by atoms with Crippen LogP contribution in [0.4, 0.5) is 5.00 Å². The van der Waals surface area contributed by atoms with Gasteiger partial charge in [-0.3, -0.25) is 19.7 Å². The van der Waals surface area contributed by atoms with Crippen LogP contribution < -0.4 is 0 Å². The smallest absolute Gasteiger partial charge is 0.324 e. The van der Waals surface area contributed by atoms with Gasteiger partial charge < -0.3 is 9.80 Å². The van der Waals surface area contributed by atoms with E-state index in [4.69, 9.17) is 0 Å². The van der Waals surface area contributed by atoms with E-state index in [0.29, 0.717) is 43.4 Å². The lowest BCUT2D eigenvalue weighted by molar-refractivity contribution is -0.380. The molecule has 2 aliphatic carbocycles. The molecule has 3 aliphatic rings. The number of amides is 2. The molecule has 1 aromatic rings. The molecule has 1 saturated heterocycles. The van der Waals surface area contributed by atoms with E-state index in [1.807, 2.05) is 4.90 Å². The molecule has 3 atom stereocenters. The second-order valence-electron chi connectivity index (χ2n) is 7.71. The monoisotopic (exact) mass is 377 g/mol. The maximum absolute atomic E-state index is 12.6. The van der Waals surface area contributed by atoms with Crippen molar-refractivity contribution in [1.29, 1.82) is 0 Å². The van der Waals surface area contributed by atoms with Crippen molar-refractivity contribution in [2.75, 3.05) is 26.2 Å². The molecule has 140 valence electrons. The molecule has 2 bridgehead atoms. The summed E-state index contributed by atoms with van der Waals surface area (Å²) in [5.41, 5.74) is 0. The SMILES string of the molecule is O=C(CC1CC2CCC1C2)N1CCN(C(=O)c2ccc([N+](=O)[O-])s2)CC1. The fourth-order valence-corrected chi connectivity index (χ4v) is 5.62. The summed E-state index contributed by atoms with van der Waals surface area (Å²) in [6, 6.07) is 2.88. The highest BCUT2D eigenvalue weighted by atomic mass is 32.1. The van der Waals surface area contributed by atoms with Crippen LogP contribution in [0.15, 0.2) is 12.1 Å². The summed E-state index contributed by atoms with van der Waals surface area (Å²) in [4.78, 5) is 39.3. The van der Waals surface area contributed by atoms with Gasteiger partial charge >= 0.3 is 5.00 Å². The first-order chi connectivity index (χ1) is 12.5. The van der Waals surface area contributed by atoms with Crippen molar-refractivity contribution >= 4 is 28.2 Å². The highest BCUT2D eigenvalue weighted by molar-refractivity contribution is 7.17. The average Bonchev–Trinajstić information content (AvgIpc) is 3.37. The average molecular weight is 377 g/mol. The van der Waals surface area contributed by atoms with Crippen molar-refractivity contribution < 1.29 is 14.5 Å². The molecule has 3 unspecified atom stereocenters. The van der Waals surface area contributed by atoms with Crippen LogP contribution in [0.1, 0.15) is 41.8 Å². The van der Waals surface area contributed by atoms with Crippen LogP contribution in [-0.2, 0) is 4.79 Å². The number of nitrogens with zero attached hydrogens (tertiary/aromatic N) is 3. The van der Waals surface area contributed by atoms with Gasteiger partial charge in [-0.15, -0.1) is 0 Å². The van der Waals surface area contributed by atoms with Gasteiger partial charge in [0, 0.05) is 38.7 Å². The normalized spacial score (nSPS) is 27.8. The Bertz CT molecular complexity index is 726. The quantitative estimate of drug-likeness (QED) is 0.597. The summed E-state index contributed by atoms with van der Waals surface area (Å²) in [7, 11) is 0. The van der Waals surface area contributed by atoms with Crippen LogP contribution in [0.25, 0.3) is 0 Å². The lowest BCUT2D eigenvalue weighted by Gasteiger charge is -2.35. The molecule has 0 N–H and O–H groups in total. The maximum atomic E-state index is 12.6. The van der Waals surface area contributed by atoms with Gasteiger partial charge in [0.05, 0.1) is 9.80 Å². The van der Waals surface area contributed by atoms with Gasteiger partial charge in [0.15, 0.2) is 0 Å². The topological polar surface area (TPSA) is 83.8 Å². The first kappa shape index (κ1) is 17.5. The van der Waals surface area contributed by atoms with Gasteiger partial charge in [0.1, 0.15) is 0 Å². The van der Waals surface area contributed by atoms with Crippen LogP contribution >= 0.6 is 11.3 Å². The number of thiophene rings is 1. The maximum Gasteiger partial charge on any atom is 0.324 e. The van der Waals surface area contributed by atoms with Gasteiger partial charge in [-0.05, 0) is 43.1 Å². The molecular formula is C18H23N3O4S. The summed E-state index contributed by atoms with van der Waals surface area (Å²) in [5.74, 6) is 2.21. The Morgan fingerprint density at radius 2 is 1.85 bits per heavy atom. The van der Waals surface area contributed by atoms with Gasteiger partial charge in [-0.2, -0.15) is 0 Å². The second kappa shape index (κ2) is 6.98. The van der Waals surface area contributed by atoms with Crippen molar-refractivity contribution in [3.8, 4) is 0 Å². The Kier molecular flexibility index (Phi) is 4.69. The van der Waals surface area contributed by atoms with E-state index in [1.54, 1.807) is 4.90 Å². The first-order valence-electron chi connectivity index (χ1n) is 9.32. The molecule has 3 fully saturated rings. The van der Waals surface area contributed by atoms with Gasteiger partial charge in [0.25, 0.3) is 5.91 Å². The molecule has 2 amide bonds. The van der Waals surface area contributed by atoms with Gasteiger partial charge in [-0.25, -0.2) is 0 Å². The molecule has 4 rings (SSSR count). The molecular weight excluding hydrogens is 354 g/mol. The van der Waals surface area contributed by atoms with Crippen molar-refractivity contribution in [2.24, 2.45) is 17.8 Å². The highest BCUT2D eigenvalue weighted by Gasteiger charge is 2.40. The minimum absolute atomic E-state index is 0.0203. The molecule has 2 heterocycles. The van der Waals surface area contributed by atoms with Gasteiger partial charge in [0.2, 0.25) is 5.91 Å². The fourth-order valence-electron chi connectivity index (χ4n) is 4.84. The van der Waals surface area contributed by atoms with Crippen LogP contribution in [-0.4, -0.2) is 52.7 Å². The molecule has 1 aromatic heterocycles. The zero-order chi connectivity index (χ0) is 18.3. The number of nitro groups is 1. The molecule has 0 aromatic carbocycles. The summed E-state index contributed by atoms with van der Waals surface area (Å²) < 4.78 is 0. The lowest BCUT2D eigenvalue weighted by Crippen LogP contribution is -2.50. The molecule has 1 aliphatic heterocycles. The van der Waals surface area contributed by atoms with E-state index >= 15 is 0 Å². The summed E-state index contributed by atoms with van der Waals surface area (Å²) in [6.07, 6.45) is 5.82. The van der Waals surface area contributed by atoms with Crippen LogP contribution in [0, 0.1) is 27.9 Å². The molecule has 7 nitrogen and oxygen atoms in total. The molecule has 0 spiro atoms. The van der Waals surface area contributed by atoms with E-state index in [-0.39, 0.29) is 16.8 Å². The third kappa shape index (κ3) is 3.34. The van der Waals surface area contributed by atoms with E-state index in [0.717, 1.165) is 23.2 Å². The number of fused-ring (bicyclic) bond motifs is 2. The second-order valence-corrected chi connectivity index (χ2v) is 8.77. The van der Waals surface area contributed by atoms with Crippen molar-refractivity contribution in [2.45, 2.75) is 32.1 Å². The number of carbonyl (C=O) groups is 2. The summed E-state index contributed by atoms with van der Waals surface area (Å²) in [5, 5.41) is 10.7. The summed E-state index contributed by atoms with van der Waals surface area (Å²) >= 11 is 0.907. The van der Waals surface area contributed by atoms with Crippen LogP contribution in [0.5, 0.6) is 0 Å². The summed E-state index contributed by atoms with van der Waals surface area (Å²) in [6.45, 7) is 2.09. The molecule has 2 saturated carbocycles. The van der Waals surface area contributed by atoms with Crippen molar-refractivity contribution in [3.63, 3.8) is 0 Å². The largest absolute Gasteiger partial charge is 0.339 e. The van der Waals surface area contributed by atoms with E-state index in [2.05, 4.69) is 0 Å².